The van der Waals surface area contributed by atoms with Gasteiger partial charge in [0.15, 0.2) is 0 Å². The molecule has 3 aromatic rings. The molecule has 0 radical (unpaired) electrons. The van der Waals surface area contributed by atoms with Gasteiger partial charge in [0.05, 0.1) is 10.6 Å². The molecule has 0 saturated carbocycles. The van der Waals surface area contributed by atoms with E-state index in [9.17, 15) is 18.0 Å². The maximum absolute atomic E-state index is 12.8. The van der Waals surface area contributed by atoms with Crippen LogP contribution in [0.2, 0.25) is 5.02 Å². The van der Waals surface area contributed by atoms with E-state index in [2.05, 4.69) is 15.6 Å². The van der Waals surface area contributed by atoms with Gasteiger partial charge in [-0.05, 0) is 42.5 Å². The minimum Gasteiger partial charge on any atom is -0.361 e. The van der Waals surface area contributed by atoms with Crippen molar-refractivity contribution in [1.29, 1.82) is 0 Å². The number of nitrogens with one attached hydrogen (secondary N) is 3. The van der Waals surface area contributed by atoms with E-state index in [1.54, 1.807) is 24.4 Å². The van der Waals surface area contributed by atoms with Gasteiger partial charge < -0.3 is 15.6 Å². The van der Waals surface area contributed by atoms with Gasteiger partial charge in [0.1, 0.15) is 0 Å². The summed E-state index contributed by atoms with van der Waals surface area (Å²) in [5.41, 5.74) is 0.417. The van der Waals surface area contributed by atoms with E-state index >= 15 is 0 Å². The van der Waals surface area contributed by atoms with E-state index < -0.39 is 22.8 Å². The molecule has 0 unspecified atom stereocenters. The lowest BCUT2D eigenvalue weighted by Crippen LogP contribution is -2.19. The molecule has 0 atom stereocenters. The number of carbonyl (C=O) groups excluding carboxylic acids is 1. The van der Waals surface area contributed by atoms with Crippen molar-refractivity contribution < 1.29 is 18.0 Å². The number of hydrogen-bond donors (Lipinski definition) is 3. The number of aromatic nitrogens is 1. The SMILES string of the molecule is O=C(Nc1ccc(Cl)c(C(F)(F)F)c1)Nc1ccc2[nH]ccc2c1. The average molecular weight is 354 g/mol. The van der Waals surface area contributed by atoms with Crippen molar-refractivity contribution in [3.63, 3.8) is 0 Å². The second-order valence-corrected chi connectivity index (χ2v) is 5.46. The number of amides is 2. The molecule has 0 saturated heterocycles. The van der Waals surface area contributed by atoms with E-state index in [4.69, 9.17) is 11.6 Å². The molecular weight excluding hydrogens is 343 g/mol. The zero-order valence-corrected chi connectivity index (χ0v) is 12.8. The topological polar surface area (TPSA) is 56.9 Å². The standard InChI is InChI=1S/C16H11ClF3N3O/c17-13-3-1-11(8-12(13)16(18,19)20)23-15(24)22-10-2-4-14-9(7-10)5-6-21-14/h1-8,21H,(H2,22,23,24). The monoisotopic (exact) mass is 353 g/mol. The molecule has 0 aliphatic carbocycles. The first-order valence-corrected chi connectivity index (χ1v) is 7.22. The first-order chi connectivity index (χ1) is 11.3. The average Bonchev–Trinajstić information content (AvgIpc) is 2.95. The van der Waals surface area contributed by atoms with Crippen LogP contribution in [-0.2, 0) is 6.18 Å². The minimum atomic E-state index is -4.59. The summed E-state index contributed by atoms with van der Waals surface area (Å²) >= 11 is 5.54. The Labute approximate surface area is 139 Å². The molecule has 24 heavy (non-hydrogen) atoms. The molecule has 0 spiro atoms. The number of benzene rings is 2. The second kappa shape index (κ2) is 6.09. The zero-order valence-electron chi connectivity index (χ0n) is 12.0. The summed E-state index contributed by atoms with van der Waals surface area (Å²) in [6, 6.07) is 9.58. The van der Waals surface area contributed by atoms with Gasteiger partial charge in [0, 0.05) is 28.5 Å². The third kappa shape index (κ3) is 3.46. The number of aromatic amines is 1. The van der Waals surface area contributed by atoms with Gasteiger partial charge in [0.25, 0.3) is 0 Å². The number of fused-ring (bicyclic) bond motifs is 1. The number of H-pyrrole nitrogens is 1. The smallest absolute Gasteiger partial charge is 0.361 e. The molecule has 4 nitrogen and oxygen atoms in total. The fraction of sp³-hybridized carbons (Fsp3) is 0.0625. The normalized spacial score (nSPS) is 11.5. The summed E-state index contributed by atoms with van der Waals surface area (Å²) in [4.78, 5) is 15.0. The molecule has 0 aliphatic rings. The number of halogens is 4. The fourth-order valence-corrected chi connectivity index (χ4v) is 2.47. The molecule has 3 rings (SSSR count). The molecule has 1 aromatic heterocycles. The number of carbonyl (C=O) groups is 1. The van der Waals surface area contributed by atoms with Crippen molar-refractivity contribution in [2.24, 2.45) is 0 Å². The molecule has 8 heteroatoms. The van der Waals surface area contributed by atoms with Crippen LogP contribution in [0.5, 0.6) is 0 Å². The lowest BCUT2D eigenvalue weighted by Gasteiger charge is -2.12. The van der Waals surface area contributed by atoms with E-state index in [1.807, 2.05) is 6.07 Å². The highest BCUT2D eigenvalue weighted by Crippen LogP contribution is 2.36. The van der Waals surface area contributed by atoms with E-state index in [-0.39, 0.29) is 5.69 Å². The molecule has 0 bridgehead atoms. The number of alkyl halides is 3. The van der Waals surface area contributed by atoms with Crippen molar-refractivity contribution in [2.75, 3.05) is 10.6 Å². The molecule has 3 N–H and O–H groups in total. The molecule has 2 amide bonds. The van der Waals surface area contributed by atoms with Gasteiger partial charge in [-0.1, -0.05) is 11.6 Å². The maximum Gasteiger partial charge on any atom is 0.417 e. The highest BCUT2D eigenvalue weighted by Gasteiger charge is 2.33. The van der Waals surface area contributed by atoms with Crippen molar-refractivity contribution in [1.82, 2.24) is 4.98 Å². The summed E-state index contributed by atoms with van der Waals surface area (Å²) < 4.78 is 38.4. The van der Waals surface area contributed by atoms with Crippen molar-refractivity contribution in [3.05, 3.63) is 59.2 Å². The Balaban J connectivity index is 1.75. The Kier molecular flexibility index (Phi) is 4.11. The van der Waals surface area contributed by atoms with Gasteiger partial charge in [0.2, 0.25) is 0 Å². The third-order valence-electron chi connectivity index (χ3n) is 3.34. The molecule has 124 valence electrons. The van der Waals surface area contributed by atoms with Crippen LogP contribution in [0.15, 0.2) is 48.7 Å². The van der Waals surface area contributed by atoms with Gasteiger partial charge >= 0.3 is 12.2 Å². The van der Waals surface area contributed by atoms with E-state index in [0.29, 0.717) is 5.69 Å². The zero-order chi connectivity index (χ0) is 17.3. The summed E-state index contributed by atoms with van der Waals surface area (Å²) in [5, 5.41) is 5.40. The first kappa shape index (κ1) is 16.2. The summed E-state index contributed by atoms with van der Waals surface area (Å²) in [6.07, 6.45) is -2.83. The summed E-state index contributed by atoms with van der Waals surface area (Å²) in [5.74, 6) is 0. The number of anilines is 2. The van der Waals surface area contributed by atoms with Crippen LogP contribution in [0.3, 0.4) is 0 Å². The van der Waals surface area contributed by atoms with Crippen LogP contribution >= 0.6 is 11.6 Å². The molecule has 0 fully saturated rings. The number of urea groups is 1. The lowest BCUT2D eigenvalue weighted by atomic mass is 10.2. The molecular formula is C16H11ClF3N3O. The minimum absolute atomic E-state index is 0.00746. The quantitative estimate of drug-likeness (QED) is 0.561. The van der Waals surface area contributed by atoms with Crippen LogP contribution in [0.4, 0.5) is 29.3 Å². The Morgan fingerprint density at radius 2 is 1.67 bits per heavy atom. The maximum atomic E-state index is 12.8. The lowest BCUT2D eigenvalue weighted by molar-refractivity contribution is -0.137. The predicted molar refractivity (Wildman–Crippen MR) is 87.4 cm³/mol. The van der Waals surface area contributed by atoms with Crippen molar-refractivity contribution in [2.45, 2.75) is 6.18 Å². The van der Waals surface area contributed by atoms with Gasteiger partial charge in [-0.2, -0.15) is 13.2 Å². The highest BCUT2D eigenvalue weighted by atomic mass is 35.5. The molecule has 2 aromatic carbocycles. The van der Waals surface area contributed by atoms with Gasteiger partial charge in [-0.15, -0.1) is 0 Å². The Morgan fingerprint density at radius 3 is 2.38 bits per heavy atom. The van der Waals surface area contributed by atoms with Crippen LogP contribution in [0, 0.1) is 0 Å². The number of hydrogen-bond acceptors (Lipinski definition) is 1. The van der Waals surface area contributed by atoms with E-state index in [1.165, 1.54) is 6.07 Å². The largest absolute Gasteiger partial charge is 0.417 e. The summed E-state index contributed by atoms with van der Waals surface area (Å²) in [7, 11) is 0. The van der Waals surface area contributed by atoms with Crippen LogP contribution in [0.1, 0.15) is 5.56 Å². The first-order valence-electron chi connectivity index (χ1n) is 6.85. The predicted octanol–water partition coefficient (Wildman–Crippen LogP) is 5.48. The Morgan fingerprint density at radius 1 is 1.00 bits per heavy atom. The van der Waals surface area contributed by atoms with E-state index in [0.717, 1.165) is 23.0 Å². The molecule has 1 heterocycles. The Hall–Kier alpha value is -2.67. The van der Waals surface area contributed by atoms with Crippen LogP contribution < -0.4 is 10.6 Å². The fourth-order valence-electron chi connectivity index (χ4n) is 2.24. The van der Waals surface area contributed by atoms with Crippen LogP contribution in [0.25, 0.3) is 10.9 Å². The Bertz CT molecular complexity index is 905. The summed E-state index contributed by atoms with van der Waals surface area (Å²) in [6.45, 7) is 0. The third-order valence-corrected chi connectivity index (χ3v) is 3.67. The molecule has 0 aliphatic heterocycles. The van der Waals surface area contributed by atoms with Crippen LogP contribution in [-0.4, -0.2) is 11.0 Å². The number of rotatable bonds is 2. The van der Waals surface area contributed by atoms with Gasteiger partial charge in [-0.25, -0.2) is 4.79 Å². The van der Waals surface area contributed by atoms with Crippen molar-refractivity contribution >= 4 is 39.9 Å². The van der Waals surface area contributed by atoms with Gasteiger partial charge in [-0.3, -0.25) is 0 Å². The second-order valence-electron chi connectivity index (χ2n) is 5.05. The highest BCUT2D eigenvalue weighted by molar-refractivity contribution is 6.31. The van der Waals surface area contributed by atoms with Crippen molar-refractivity contribution in [3.8, 4) is 0 Å².